The van der Waals surface area contributed by atoms with E-state index in [1.54, 1.807) is 0 Å². The number of anilines is 6. The molecule has 2 aliphatic heterocycles. The summed E-state index contributed by atoms with van der Waals surface area (Å²) < 4.78 is 1.35. The predicted molar refractivity (Wildman–Crippen MR) is 296 cm³/mol. The van der Waals surface area contributed by atoms with Crippen LogP contribution in [0.5, 0.6) is 0 Å². The fraction of sp³-hybridized carbons (Fsp3) is 0.397. The van der Waals surface area contributed by atoms with Crippen molar-refractivity contribution in [3.8, 4) is 11.1 Å². The molecule has 7 aromatic rings. The molecule has 0 amide bonds. The zero-order valence-electron chi connectivity index (χ0n) is 43.7. The van der Waals surface area contributed by atoms with Crippen molar-refractivity contribution in [3.63, 3.8) is 0 Å². The molecule has 0 N–H and O–H groups in total. The first-order valence-electron chi connectivity index (χ1n) is 25.0. The number of hydrogen-bond donors (Lipinski definition) is 0. The van der Waals surface area contributed by atoms with Gasteiger partial charge in [-0.2, -0.15) is 0 Å². The summed E-state index contributed by atoms with van der Waals surface area (Å²) in [4.78, 5) is 5.46. The van der Waals surface area contributed by atoms with Gasteiger partial charge in [-0.15, -0.1) is 11.3 Å². The highest BCUT2D eigenvalue weighted by Crippen LogP contribution is 2.56. The molecular weight excluding hydrogens is 828 g/mol. The van der Waals surface area contributed by atoms with E-state index in [2.05, 4.69) is 237 Å². The van der Waals surface area contributed by atoms with Crippen molar-refractivity contribution in [1.29, 1.82) is 0 Å². The lowest BCUT2D eigenvalue weighted by molar-refractivity contribution is 0.333. The zero-order valence-corrected chi connectivity index (χ0v) is 44.5. The summed E-state index contributed by atoms with van der Waals surface area (Å²) in [6, 6.07) is 43.5. The molecule has 0 fully saturated rings. The van der Waals surface area contributed by atoms with Crippen LogP contribution in [0.1, 0.15) is 163 Å². The molecule has 0 unspecified atom stereocenters. The Labute approximate surface area is 407 Å². The Kier molecular flexibility index (Phi) is 10.2. The van der Waals surface area contributed by atoms with Gasteiger partial charge in [-0.3, -0.25) is 0 Å². The monoisotopic (exact) mass is 901 g/mol. The predicted octanol–water partition coefficient (Wildman–Crippen LogP) is 16.5. The van der Waals surface area contributed by atoms with Gasteiger partial charge in [-0.25, -0.2) is 0 Å². The maximum Gasteiger partial charge on any atom is 0.254 e. The van der Waals surface area contributed by atoms with E-state index in [0.29, 0.717) is 0 Å². The first-order chi connectivity index (χ1) is 31.2. The normalized spacial score (nSPS) is 16.5. The second-order valence-corrected chi connectivity index (χ2v) is 26.9. The van der Waals surface area contributed by atoms with Crippen LogP contribution in [0.25, 0.3) is 21.2 Å². The van der Waals surface area contributed by atoms with Crippen LogP contribution in [0.2, 0.25) is 0 Å². The van der Waals surface area contributed by atoms with Crippen LogP contribution in [0.3, 0.4) is 0 Å². The molecule has 67 heavy (non-hydrogen) atoms. The summed E-state index contributed by atoms with van der Waals surface area (Å²) in [5, 5.41) is 2.72. The Bertz CT molecular complexity index is 3120. The lowest BCUT2D eigenvalue weighted by atomic mass is 9.33. The van der Waals surface area contributed by atoms with Crippen molar-refractivity contribution in [3.05, 3.63) is 148 Å². The average molecular weight is 901 g/mol. The average Bonchev–Trinajstić information content (AvgIpc) is 3.62. The summed E-state index contributed by atoms with van der Waals surface area (Å²) in [5.41, 5.74) is 22.9. The fourth-order valence-corrected chi connectivity index (χ4v) is 12.9. The number of nitrogens with zero attached hydrogens (tertiary/aromatic N) is 2. The molecule has 6 aromatic carbocycles. The van der Waals surface area contributed by atoms with Crippen LogP contribution < -0.4 is 26.2 Å². The van der Waals surface area contributed by atoms with Crippen molar-refractivity contribution in [2.24, 2.45) is 0 Å². The molecule has 3 aliphatic rings. The second-order valence-electron chi connectivity index (χ2n) is 25.9. The van der Waals surface area contributed by atoms with Gasteiger partial charge in [0.2, 0.25) is 0 Å². The van der Waals surface area contributed by atoms with Gasteiger partial charge in [-0.05, 0) is 155 Å². The molecule has 0 atom stereocenters. The highest BCUT2D eigenvalue weighted by molar-refractivity contribution is 7.26. The van der Waals surface area contributed by atoms with Crippen LogP contribution in [-0.4, -0.2) is 6.71 Å². The van der Waals surface area contributed by atoms with Crippen LogP contribution in [0, 0.1) is 6.92 Å². The summed E-state index contributed by atoms with van der Waals surface area (Å²) >= 11 is 1.99. The smallest absolute Gasteiger partial charge is 0.254 e. The highest BCUT2D eigenvalue weighted by atomic mass is 32.1. The summed E-state index contributed by atoms with van der Waals surface area (Å²) in [7, 11) is 0. The van der Waals surface area contributed by atoms with Crippen molar-refractivity contribution in [1.82, 2.24) is 0 Å². The van der Waals surface area contributed by atoms with Crippen LogP contribution in [0.4, 0.5) is 33.4 Å². The summed E-state index contributed by atoms with van der Waals surface area (Å²) in [5.74, 6) is 0. The Morgan fingerprint density at radius 2 is 1.13 bits per heavy atom. The Morgan fingerprint density at radius 1 is 0.537 bits per heavy atom. The van der Waals surface area contributed by atoms with Crippen molar-refractivity contribution >= 4 is 78.0 Å². The van der Waals surface area contributed by atoms with Crippen molar-refractivity contribution < 1.29 is 0 Å². The first-order valence-corrected chi connectivity index (χ1v) is 25.8. The summed E-state index contributed by atoms with van der Waals surface area (Å²) in [6.45, 7) is 40.7. The molecule has 4 heteroatoms. The van der Waals surface area contributed by atoms with Gasteiger partial charge in [-0.1, -0.05) is 184 Å². The number of rotatable bonds is 3. The van der Waals surface area contributed by atoms with Gasteiger partial charge < -0.3 is 9.80 Å². The quantitative estimate of drug-likeness (QED) is 0.163. The first kappa shape index (κ1) is 45.7. The van der Waals surface area contributed by atoms with Crippen LogP contribution >= 0.6 is 11.3 Å². The zero-order chi connectivity index (χ0) is 48.1. The molecule has 0 radical (unpaired) electrons. The second kappa shape index (κ2) is 15.0. The van der Waals surface area contributed by atoms with E-state index in [4.69, 9.17) is 0 Å². The Morgan fingerprint density at radius 3 is 1.75 bits per heavy atom. The van der Waals surface area contributed by atoms with E-state index in [9.17, 15) is 0 Å². The van der Waals surface area contributed by atoms with E-state index in [1.807, 2.05) is 11.3 Å². The van der Waals surface area contributed by atoms with E-state index >= 15 is 0 Å². The number of thiophene rings is 1. The third-order valence-electron chi connectivity index (χ3n) is 15.7. The van der Waals surface area contributed by atoms with E-state index in [-0.39, 0.29) is 39.2 Å². The fourth-order valence-electron chi connectivity index (χ4n) is 11.7. The van der Waals surface area contributed by atoms with Crippen molar-refractivity contribution in [2.75, 3.05) is 9.80 Å². The number of aryl methyl sites for hydroxylation is 1. The molecule has 344 valence electrons. The van der Waals surface area contributed by atoms with E-state index < -0.39 is 0 Å². The molecule has 0 saturated heterocycles. The minimum absolute atomic E-state index is 0.00413. The number of hydrogen-bond acceptors (Lipinski definition) is 3. The van der Waals surface area contributed by atoms with Gasteiger partial charge in [0, 0.05) is 33.0 Å². The molecule has 3 heterocycles. The van der Waals surface area contributed by atoms with E-state index in [0.717, 1.165) is 6.42 Å². The van der Waals surface area contributed by atoms with Gasteiger partial charge in [0.05, 0.1) is 10.7 Å². The van der Waals surface area contributed by atoms with Gasteiger partial charge in [0.1, 0.15) is 0 Å². The highest BCUT2D eigenvalue weighted by Gasteiger charge is 2.50. The third-order valence-corrected chi connectivity index (χ3v) is 16.9. The molecule has 0 saturated carbocycles. The van der Waals surface area contributed by atoms with Crippen LogP contribution in [0.15, 0.2) is 109 Å². The van der Waals surface area contributed by atoms with Crippen molar-refractivity contribution in [2.45, 2.75) is 163 Å². The Hall–Kier alpha value is -5.06. The summed E-state index contributed by atoms with van der Waals surface area (Å²) in [6.07, 6.45) is 2.32. The molecule has 1 aliphatic carbocycles. The SMILES string of the molecule is Cc1cc2c3c(c1)N(c1ccc(C(C)(C)C)cc1)c1c(ccc4c1C(C)(C)CCC4(C)C)B3c1c(sc3ccc(C(C)(C)C)cc13)N2c1cc(C(C)(C)C)cc(C(C)(C)C)c1-c1ccccc1. The standard InChI is InChI=1S/C63H73BN2S/c1-38-33-49-55-50(34-38)66(48-37-42(60(8,9)10)36-46(61(11,12)13)52(48)39-21-19-18-20-22-39)57-54(44-35-41(59(5,6)7)25-30-51(44)67-57)64(55)47-29-28-45-53(63(16,17)32-31-62(45,14)15)56(47)65(49)43-26-23-40(24-27-43)58(2,3)4/h18-30,33-37H,31-32H2,1-17H3. The van der Waals surface area contributed by atoms with E-state index in [1.165, 1.54) is 116 Å². The Balaban J connectivity index is 1.41. The maximum atomic E-state index is 2.74. The topological polar surface area (TPSA) is 6.48 Å². The molecule has 1 aromatic heterocycles. The molecule has 2 nitrogen and oxygen atoms in total. The van der Waals surface area contributed by atoms with Gasteiger partial charge >= 0.3 is 0 Å². The number of fused-ring (bicyclic) bond motifs is 8. The third kappa shape index (κ3) is 7.33. The number of benzene rings is 6. The molecule has 0 bridgehead atoms. The minimum Gasteiger partial charge on any atom is -0.311 e. The van der Waals surface area contributed by atoms with Gasteiger partial charge in [0.25, 0.3) is 6.71 Å². The maximum absolute atomic E-state index is 2.74. The lowest BCUT2D eigenvalue weighted by Crippen LogP contribution is -2.61. The van der Waals surface area contributed by atoms with Gasteiger partial charge in [0.15, 0.2) is 0 Å². The van der Waals surface area contributed by atoms with Crippen LogP contribution in [-0.2, 0) is 32.5 Å². The molecule has 10 rings (SSSR count). The largest absolute Gasteiger partial charge is 0.311 e. The molecule has 0 spiro atoms. The lowest BCUT2D eigenvalue weighted by Gasteiger charge is -2.49. The molecular formula is C63H73BN2S. The minimum atomic E-state index is -0.120.